The van der Waals surface area contributed by atoms with Gasteiger partial charge in [-0.05, 0) is 60.5 Å². The fraction of sp³-hybridized carbons (Fsp3) is 0.0455. The summed E-state index contributed by atoms with van der Waals surface area (Å²) in [4.78, 5) is 2.29. The van der Waals surface area contributed by atoms with Crippen LogP contribution in [-0.4, -0.2) is 0 Å². The summed E-state index contributed by atoms with van der Waals surface area (Å²) >= 11 is 7.60. The van der Waals surface area contributed by atoms with Crippen molar-refractivity contribution in [3.63, 3.8) is 0 Å². The van der Waals surface area contributed by atoms with E-state index < -0.39 is 0 Å². The van der Waals surface area contributed by atoms with Crippen LogP contribution in [0.4, 0.5) is 0 Å². The van der Waals surface area contributed by atoms with E-state index in [2.05, 4.69) is 18.2 Å². The number of aryl methyl sites for hydroxylation is 1. The van der Waals surface area contributed by atoms with Gasteiger partial charge in [0.05, 0.1) is 11.6 Å². The molecule has 0 radical (unpaired) electrons. The van der Waals surface area contributed by atoms with Gasteiger partial charge in [-0.3, -0.25) is 0 Å². The van der Waals surface area contributed by atoms with E-state index in [4.69, 9.17) is 11.6 Å². The Kier molecular flexibility index (Phi) is 5.60. The predicted molar refractivity (Wildman–Crippen MR) is 107 cm³/mol. The van der Waals surface area contributed by atoms with E-state index in [9.17, 15) is 5.26 Å². The number of nitrogens with zero attached hydrogens (tertiary/aromatic N) is 1. The molecule has 0 aliphatic carbocycles. The molecule has 0 heterocycles. The molecule has 0 atom stereocenters. The average Bonchev–Trinajstić information content (AvgIpc) is 2.64. The van der Waals surface area contributed by atoms with Crippen LogP contribution < -0.4 is 0 Å². The summed E-state index contributed by atoms with van der Waals surface area (Å²) in [6.07, 6.45) is 1.92. The van der Waals surface area contributed by atoms with Crippen molar-refractivity contribution in [3.8, 4) is 6.07 Å². The lowest BCUT2D eigenvalue weighted by molar-refractivity contribution is 1.40. The Balaban J connectivity index is 1.78. The first-order valence-corrected chi connectivity index (χ1v) is 9.06. The fourth-order valence-electron chi connectivity index (χ4n) is 2.35. The lowest BCUT2D eigenvalue weighted by atomic mass is 10.0. The van der Waals surface area contributed by atoms with Crippen LogP contribution in [-0.2, 0) is 0 Å². The van der Waals surface area contributed by atoms with Gasteiger partial charge >= 0.3 is 0 Å². The molecule has 122 valence electrons. The van der Waals surface area contributed by atoms with Gasteiger partial charge in [-0.25, -0.2) is 0 Å². The molecule has 0 aliphatic heterocycles. The molecule has 0 spiro atoms. The van der Waals surface area contributed by atoms with Crippen LogP contribution in [0.1, 0.15) is 16.7 Å². The first-order valence-electron chi connectivity index (χ1n) is 7.86. The second-order valence-electron chi connectivity index (χ2n) is 5.66. The minimum absolute atomic E-state index is 0.665. The summed E-state index contributed by atoms with van der Waals surface area (Å²) in [6, 6.07) is 26.3. The summed E-state index contributed by atoms with van der Waals surface area (Å²) in [5.74, 6) is 0. The zero-order chi connectivity index (χ0) is 17.6. The Bertz CT molecular complexity index is 918. The van der Waals surface area contributed by atoms with Crippen LogP contribution >= 0.6 is 23.4 Å². The van der Waals surface area contributed by atoms with Gasteiger partial charge < -0.3 is 0 Å². The third-order valence-corrected chi connectivity index (χ3v) is 4.99. The third kappa shape index (κ3) is 4.76. The number of halogens is 1. The number of benzene rings is 3. The lowest BCUT2D eigenvalue weighted by Gasteiger charge is -2.04. The second-order valence-corrected chi connectivity index (χ2v) is 7.24. The highest BCUT2D eigenvalue weighted by Crippen LogP contribution is 2.29. The Hall–Kier alpha value is -2.47. The molecule has 0 saturated carbocycles. The van der Waals surface area contributed by atoms with Crippen LogP contribution in [0.5, 0.6) is 0 Å². The smallest absolute Gasteiger partial charge is 0.0998 e. The Labute approximate surface area is 157 Å². The molecule has 0 aliphatic rings. The summed E-state index contributed by atoms with van der Waals surface area (Å²) < 4.78 is 0. The predicted octanol–water partition coefficient (Wildman–Crippen LogP) is 6.86. The highest BCUT2D eigenvalue weighted by atomic mass is 35.5. The molecule has 3 aromatic rings. The van der Waals surface area contributed by atoms with Gasteiger partial charge in [-0.15, -0.1) is 0 Å². The topological polar surface area (TPSA) is 23.8 Å². The Morgan fingerprint density at radius 3 is 2.00 bits per heavy atom. The molecule has 1 nitrogen and oxygen atoms in total. The summed E-state index contributed by atoms with van der Waals surface area (Å²) in [5.41, 5.74) is 3.80. The number of rotatable bonds is 4. The molecule has 3 rings (SSSR count). The third-order valence-electron chi connectivity index (χ3n) is 3.72. The fourth-order valence-corrected chi connectivity index (χ4v) is 3.29. The van der Waals surface area contributed by atoms with Crippen LogP contribution in [0.3, 0.4) is 0 Å². The zero-order valence-electron chi connectivity index (χ0n) is 13.7. The Morgan fingerprint density at radius 1 is 0.880 bits per heavy atom. The first kappa shape index (κ1) is 17.4. The lowest BCUT2D eigenvalue weighted by Crippen LogP contribution is -1.83. The van der Waals surface area contributed by atoms with Crippen LogP contribution in [0.15, 0.2) is 82.6 Å². The minimum atomic E-state index is 0.665. The van der Waals surface area contributed by atoms with Gasteiger partial charge in [-0.2, -0.15) is 5.26 Å². The van der Waals surface area contributed by atoms with Crippen molar-refractivity contribution in [1.82, 2.24) is 0 Å². The van der Waals surface area contributed by atoms with Crippen molar-refractivity contribution < 1.29 is 0 Å². The van der Waals surface area contributed by atoms with E-state index >= 15 is 0 Å². The van der Waals surface area contributed by atoms with Gasteiger partial charge in [0.25, 0.3) is 0 Å². The van der Waals surface area contributed by atoms with E-state index in [1.165, 1.54) is 5.56 Å². The molecule has 0 bridgehead atoms. The van der Waals surface area contributed by atoms with Gasteiger partial charge in [0, 0.05) is 14.8 Å². The number of nitriles is 1. The number of allylic oxidation sites excluding steroid dienone is 1. The molecule has 0 amide bonds. The largest absolute Gasteiger partial charge is 0.192 e. The number of hydrogen-bond donors (Lipinski definition) is 0. The van der Waals surface area contributed by atoms with Gasteiger partial charge in [-0.1, -0.05) is 65.3 Å². The van der Waals surface area contributed by atoms with Gasteiger partial charge in [0.2, 0.25) is 0 Å². The quantitative estimate of drug-likeness (QED) is 0.374. The molecular weight excluding hydrogens is 346 g/mol. The van der Waals surface area contributed by atoms with Gasteiger partial charge in [0.1, 0.15) is 0 Å². The maximum Gasteiger partial charge on any atom is 0.0998 e. The van der Waals surface area contributed by atoms with Crippen molar-refractivity contribution in [3.05, 3.63) is 94.5 Å². The monoisotopic (exact) mass is 361 g/mol. The highest BCUT2D eigenvalue weighted by molar-refractivity contribution is 7.99. The zero-order valence-corrected chi connectivity index (χ0v) is 15.3. The van der Waals surface area contributed by atoms with E-state index in [0.717, 1.165) is 25.9 Å². The summed E-state index contributed by atoms with van der Waals surface area (Å²) in [7, 11) is 0. The normalized spacial score (nSPS) is 11.2. The molecule has 3 heteroatoms. The molecule has 0 saturated heterocycles. The van der Waals surface area contributed by atoms with Crippen LogP contribution in [0, 0.1) is 18.3 Å². The molecule has 0 N–H and O–H groups in total. The van der Waals surface area contributed by atoms with Crippen molar-refractivity contribution in [2.75, 3.05) is 0 Å². The van der Waals surface area contributed by atoms with E-state index in [-0.39, 0.29) is 0 Å². The molecule has 0 unspecified atom stereocenters. The van der Waals surface area contributed by atoms with Crippen LogP contribution in [0.2, 0.25) is 5.02 Å². The Morgan fingerprint density at radius 2 is 1.44 bits per heavy atom. The van der Waals surface area contributed by atoms with Crippen molar-refractivity contribution in [2.24, 2.45) is 0 Å². The molecule has 0 aromatic heterocycles. The first-order chi connectivity index (χ1) is 12.1. The SMILES string of the molecule is Cc1ccc(/C(C#N)=C\c2ccc(Sc3ccc(Cl)cc3)cc2)cc1. The van der Waals surface area contributed by atoms with E-state index in [1.54, 1.807) is 11.8 Å². The van der Waals surface area contributed by atoms with Crippen molar-refractivity contribution >= 4 is 35.0 Å². The molecular formula is C22H16ClNS. The maximum atomic E-state index is 9.45. The minimum Gasteiger partial charge on any atom is -0.192 e. The highest BCUT2D eigenvalue weighted by Gasteiger charge is 2.02. The van der Waals surface area contributed by atoms with Crippen molar-refractivity contribution in [1.29, 1.82) is 5.26 Å². The maximum absolute atomic E-state index is 9.45. The molecule has 0 fully saturated rings. The van der Waals surface area contributed by atoms with Crippen molar-refractivity contribution in [2.45, 2.75) is 16.7 Å². The molecule has 3 aromatic carbocycles. The summed E-state index contributed by atoms with van der Waals surface area (Å²) in [6.45, 7) is 2.04. The van der Waals surface area contributed by atoms with E-state index in [1.807, 2.05) is 73.7 Å². The second kappa shape index (κ2) is 8.07. The average molecular weight is 362 g/mol. The molecule has 25 heavy (non-hydrogen) atoms. The standard InChI is InChI=1S/C22H16ClNS/c1-16-2-6-18(7-3-16)19(15-24)14-17-4-10-21(11-5-17)25-22-12-8-20(23)9-13-22/h2-14H,1H3/b19-14-. The van der Waals surface area contributed by atoms with Gasteiger partial charge in [0.15, 0.2) is 0 Å². The van der Waals surface area contributed by atoms with Crippen LogP contribution in [0.25, 0.3) is 11.6 Å². The summed E-state index contributed by atoms with van der Waals surface area (Å²) in [5, 5.41) is 10.2. The number of hydrogen-bond acceptors (Lipinski definition) is 2. The van der Waals surface area contributed by atoms with E-state index in [0.29, 0.717) is 5.57 Å².